The second kappa shape index (κ2) is 3.78. The molecule has 0 fully saturated rings. The van der Waals surface area contributed by atoms with Crippen molar-refractivity contribution in [2.45, 2.75) is 19.8 Å². The van der Waals surface area contributed by atoms with Gasteiger partial charge in [0.05, 0.1) is 6.07 Å². The SMILES string of the molecule is CCC1=CC=CCC(C#N)=C1. The van der Waals surface area contributed by atoms with Crippen LogP contribution in [0.3, 0.4) is 0 Å². The van der Waals surface area contributed by atoms with Crippen molar-refractivity contribution in [3.8, 4) is 6.07 Å². The minimum absolute atomic E-state index is 0.774. The summed E-state index contributed by atoms with van der Waals surface area (Å²) in [6, 6.07) is 2.18. The standard InChI is InChI=1S/C10H11N/c1-2-9-5-3-4-6-10(7-9)8-11/h3-5,7H,2,6H2,1H3. The van der Waals surface area contributed by atoms with Gasteiger partial charge >= 0.3 is 0 Å². The molecule has 11 heavy (non-hydrogen) atoms. The molecule has 0 radical (unpaired) electrons. The second-order valence-corrected chi connectivity index (χ2v) is 2.51. The van der Waals surface area contributed by atoms with E-state index in [1.54, 1.807) is 0 Å². The van der Waals surface area contributed by atoms with Crippen LogP contribution in [0, 0.1) is 11.3 Å². The summed E-state index contributed by atoms with van der Waals surface area (Å²) < 4.78 is 0. The topological polar surface area (TPSA) is 23.8 Å². The molecule has 0 saturated carbocycles. The van der Waals surface area contributed by atoms with Crippen molar-refractivity contribution >= 4 is 0 Å². The lowest BCUT2D eigenvalue weighted by Gasteiger charge is -1.93. The van der Waals surface area contributed by atoms with Gasteiger partial charge in [0.25, 0.3) is 0 Å². The van der Waals surface area contributed by atoms with Gasteiger partial charge in [-0.2, -0.15) is 5.26 Å². The molecule has 0 amide bonds. The summed E-state index contributed by atoms with van der Waals surface area (Å²) in [5.74, 6) is 0. The van der Waals surface area contributed by atoms with Crippen LogP contribution < -0.4 is 0 Å². The lowest BCUT2D eigenvalue weighted by atomic mass is 10.1. The molecule has 1 nitrogen and oxygen atoms in total. The molecule has 0 saturated heterocycles. The lowest BCUT2D eigenvalue weighted by molar-refractivity contribution is 1.14. The molecule has 0 aliphatic heterocycles. The van der Waals surface area contributed by atoms with Crippen molar-refractivity contribution < 1.29 is 0 Å². The van der Waals surface area contributed by atoms with Crippen molar-refractivity contribution in [1.29, 1.82) is 5.26 Å². The second-order valence-electron chi connectivity index (χ2n) is 2.51. The zero-order valence-corrected chi connectivity index (χ0v) is 6.67. The van der Waals surface area contributed by atoms with Gasteiger partial charge in [0.1, 0.15) is 0 Å². The molecule has 1 rings (SSSR count). The lowest BCUT2D eigenvalue weighted by Crippen LogP contribution is -1.77. The number of nitriles is 1. The van der Waals surface area contributed by atoms with Gasteiger partial charge in [-0.3, -0.25) is 0 Å². The number of nitrogens with zero attached hydrogens (tertiary/aromatic N) is 1. The monoisotopic (exact) mass is 145 g/mol. The molecule has 0 bridgehead atoms. The van der Waals surface area contributed by atoms with Crippen LogP contribution in [0.1, 0.15) is 19.8 Å². The molecule has 1 heteroatoms. The molecule has 0 heterocycles. The van der Waals surface area contributed by atoms with Crippen molar-refractivity contribution in [3.63, 3.8) is 0 Å². The fraction of sp³-hybridized carbons (Fsp3) is 0.300. The largest absolute Gasteiger partial charge is 0.193 e. The van der Waals surface area contributed by atoms with E-state index in [1.807, 2.05) is 18.2 Å². The highest BCUT2D eigenvalue weighted by Crippen LogP contribution is 2.13. The minimum atomic E-state index is 0.774. The molecule has 0 spiro atoms. The van der Waals surface area contributed by atoms with Gasteiger partial charge in [-0.25, -0.2) is 0 Å². The van der Waals surface area contributed by atoms with Crippen LogP contribution in [-0.2, 0) is 0 Å². The third kappa shape index (κ3) is 2.09. The first-order valence-electron chi connectivity index (χ1n) is 3.83. The molecule has 0 aromatic rings. The maximum atomic E-state index is 8.65. The van der Waals surface area contributed by atoms with Gasteiger partial charge in [-0.15, -0.1) is 0 Å². The molecule has 1 aliphatic rings. The Balaban J connectivity index is 2.87. The highest BCUT2D eigenvalue weighted by Gasteiger charge is 1.97. The first kappa shape index (κ1) is 7.81. The van der Waals surface area contributed by atoms with Gasteiger partial charge in [-0.1, -0.05) is 25.2 Å². The average Bonchev–Trinajstić information content (AvgIpc) is 2.28. The van der Waals surface area contributed by atoms with Crippen molar-refractivity contribution in [1.82, 2.24) is 0 Å². The fourth-order valence-corrected chi connectivity index (χ4v) is 1.02. The van der Waals surface area contributed by atoms with Crippen LogP contribution in [-0.4, -0.2) is 0 Å². The molecular weight excluding hydrogens is 134 g/mol. The highest BCUT2D eigenvalue weighted by atomic mass is 14.2. The van der Waals surface area contributed by atoms with E-state index in [4.69, 9.17) is 5.26 Å². The van der Waals surface area contributed by atoms with Gasteiger partial charge in [-0.05, 0) is 18.1 Å². The normalized spacial score (nSPS) is 16.4. The summed E-state index contributed by atoms with van der Waals surface area (Å²) in [5, 5.41) is 8.65. The van der Waals surface area contributed by atoms with Crippen LogP contribution in [0.15, 0.2) is 35.5 Å². The first-order valence-corrected chi connectivity index (χ1v) is 3.83. The van der Waals surface area contributed by atoms with Crippen molar-refractivity contribution in [3.05, 3.63) is 35.5 Å². The Bertz CT molecular complexity index is 261. The van der Waals surface area contributed by atoms with E-state index >= 15 is 0 Å². The number of rotatable bonds is 1. The summed E-state index contributed by atoms with van der Waals surface area (Å²) >= 11 is 0. The Labute approximate surface area is 67.3 Å². The zero-order chi connectivity index (χ0) is 8.10. The van der Waals surface area contributed by atoms with Crippen LogP contribution in [0.2, 0.25) is 0 Å². The summed E-state index contributed by atoms with van der Waals surface area (Å²) in [7, 11) is 0. The summed E-state index contributed by atoms with van der Waals surface area (Å²) in [4.78, 5) is 0. The maximum Gasteiger partial charge on any atom is 0.0950 e. The van der Waals surface area contributed by atoms with Gasteiger partial charge in [0, 0.05) is 12.0 Å². The molecule has 0 N–H and O–H groups in total. The van der Waals surface area contributed by atoms with E-state index in [0.29, 0.717) is 0 Å². The molecule has 0 aromatic heterocycles. The number of hydrogen-bond acceptors (Lipinski definition) is 1. The van der Waals surface area contributed by atoms with Crippen molar-refractivity contribution in [2.24, 2.45) is 0 Å². The van der Waals surface area contributed by atoms with E-state index in [1.165, 1.54) is 5.57 Å². The van der Waals surface area contributed by atoms with Gasteiger partial charge in [0.15, 0.2) is 0 Å². The Morgan fingerprint density at radius 2 is 2.45 bits per heavy atom. The van der Waals surface area contributed by atoms with Crippen molar-refractivity contribution in [2.75, 3.05) is 0 Å². The predicted octanol–water partition coefficient (Wildman–Crippen LogP) is 2.73. The quantitative estimate of drug-likeness (QED) is 0.556. The first-order chi connectivity index (χ1) is 5.36. The summed E-state index contributed by atoms with van der Waals surface area (Å²) in [6.45, 7) is 2.09. The Hall–Kier alpha value is -1.29. The third-order valence-electron chi connectivity index (χ3n) is 1.70. The van der Waals surface area contributed by atoms with Crippen LogP contribution in [0.4, 0.5) is 0 Å². The Morgan fingerprint density at radius 3 is 3.09 bits per heavy atom. The number of allylic oxidation sites excluding steroid dienone is 6. The molecule has 1 aliphatic carbocycles. The Morgan fingerprint density at radius 1 is 1.64 bits per heavy atom. The molecule has 0 unspecified atom stereocenters. The van der Waals surface area contributed by atoms with Gasteiger partial charge < -0.3 is 0 Å². The third-order valence-corrected chi connectivity index (χ3v) is 1.70. The van der Waals surface area contributed by atoms with E-state index in [2.05, 4.69) is 19.1 Å². The van der Waals surface area contributed by atoms with E-state index in [0.717, 1.165) is 18.4 Å². The zero-order valence-electron chi connectivity index (χ0n) is 6.67. The fourth-order valence-electron chi connectivity index (χ4n) is 1.02. The van der Waals surface area contributed by atoms with E-state index < -0.39 is 0 Å². The summed E-state index contributed by atoms with van der Waals surface area (Å²) in [5.41, 5.74) is 2.09. The maximum absolute atomic E-state index is 8.65. The molecular formula is C10H11N. The molecule has 0 aromatic carbocycles. The van der Waals surface area contributed by atoms with Crippen LogP contribution >= 0.6 is 0 Å². The molecule has 56 valence electrons. The minimum Gasteiger partial charge on any atom is -0.193 e. The van der Waals surface area contributed by atoms with E-state index in [9.17, 15) is 0 Å². The van der Waals surface area contributed by atoms with Crippen LogP contribution in [0.5, 0.6) is 0 Å². The van der Waals surface area contributed by atoms with Gasteiger partial charge in [0.2, 0.25) is 0 Å². The number of hydrogen-bond donors (Lipinski definition) is 0. The smallest absolute Gasteiger partial charge is 0.0950 e. The van der Waals surface area contributed by atoms with E-state index in [-0.39, 0.29) is 0 Å². The molecule has 0 atom stereocenters. The predicted molar refractivity (Wildman–Crippen MR) is 45.8 cm³/mol. The highest BCUT2D eigenvalue weighted by molar-refractivity contribution is 5.37. The Kier molecular flexibility index (Phi) is 2.68. The average molecular weight is 145 g/mol. The van der Waals surface area contributed by atoms with Crippen LogP contribution in [0.25, 0.3) is 0 Å². The summed E-state index contributed by atoms with van der Waals surface area (Å²) in [6.07, 6.45) is 9.83.